The van der Waals surface area contributed by atoms with Gasteiger partial charge < -0.3 is 14.6 Å². The first kappa shape index (κ1) is 21.4. The molecule has 0 atom stereocenters. The number of fused-ring (bicyclic) bond motifs is 1. The van der Waals surface area contributed by atoms with Gasteiger partial charge >= 0.3 is 6.61 Å². The number of aromatic amines is 1. The molecule has 0 unspecified atom stereocenters. The second-order valence-electron chi connectivity index (χ2n) is 8.25. The maximum atomic E-state index is 12.8. The zero-order chi connectivity index (χ0) is 21.3. The molecule has 30 heavy (non-hydrogen) atoms. The average Bonchev–Trinajstić information content (AvgIpc) is 3.17. The van der Waals surface area contributed by atoms with E-state index in [-0.39, 0.29) is 30.2 Å². The highest BCUT2D eigenvalue weighted by molar-refractivity contribution is 7.89. The Morgan fingerprint density at radius 3 is 2.70 bits per heavy atom. The van der Waals surface area contributed by atoms with E-state index in [1.54, 1.807) is 0 Å². The maximum absolute atomic E-state index is 12.8. The SMILES string of the molecule is CN(c1ncnc2[nH]ccc12)[C@H]1C[C@@H](CS(=O)(=O)N2CCC(COC(F)F)CC2)C1. The number of piperidine rings is 1. The van der Waals surface area contributed by atoms with E-state index in [0.29, 0.717) is 25.9 Å². The summed E-state index contributed by atoms with van der Waals surface area (Å²) in [4.78, 5) is 13.8. The normalized spacial score (nSPS) is 23.7. The lowest BCUT2D eigenvalue weighted by Gasteiger charge is -2.42. The van der Waals surface area contributed by atoms with Gasteiger partial charge in [0.25, 0.3) is 0 Å². The van der Waals surface area contributed by atoms with Gasteiger partial charge in [0, 0.05) is 32.4 Å². The van der Waals surface area contributed by atoms with E-state index < -0.39 is 16.6 Å². The highest BCUT2D eigenvalue weighted by atomic mass is 32.2. The Hall–Kier alpha value is -1.85. The molecule has 8 nitrogen and oxygen atoms in total. The summed E-state index contributed by atoms with van der Waals surface area (Å²) in [6.45, 7) is -2.03. The molecule has 1 saturated heterocycles. The van der Waals surface area contributed by atoms with Crippen LogP contribution >= 0.6 is 0 Å². The molecule has 1 aliphatic carbocycles. The third-order valence-corrected chi connectivity index (χ3v) is 8.34. The topological polar surface area (TPSA) is 91.4 Å². The smallest absolute Gasteiger partial charge is 0.345 e. The lowest BCUT2D eigenvalue weighted by Crippen LogP contribution is -2.48. The molecule has 2 fully saturated rings. The molecule has 2 aromatic rings. The largest absolute Gasteiger partial charge is 0.356 e. The molecule has 2 aliphatic rings. The van der Waals surface area contributed by atoms with Gasteiger partial charge in [0.15, 0.2) is 0 Å². The van der Waals surface area contributed by atoms with Gasteiger partial charge in [-0.05, 0) is 43.6 Å². The lowest BCUT2D eigenvalue weighted by molar-refractivity contribution is -0.140. The first-order chi connectivity index (χ1) is 14.3. The van der Waals surface area contributed by atoms with Crippen LogP contribution in [0.4, 0.5) is 14.6 Å². The Labute approximate surface area is 174 Å². The van der Waals surface area contributed by atoms with Crippen molar-refractivity contribution >= 4 is 26.9 Å². The van der Waals surface area contributed by atoms with Gasteiger partial charge in [-0.3, -0.25) is 0 Å². The lowest BCUT2D eigenvalue weighted by atomic mass is 9.81. The van der Waals surface area contributed by atoms with Crippen molar-refractivity contribution in [2.24, 2.45) is 11.8 Å². The Balaban J connectivity index is 1.27. The van der Waals surface area contributed by atoms with Crippen molar-refractivity contribution < 1.29 is 21.9 Å². The first-order valence-corrected chi connectivity index (χ1v) is 11.8. The van der Waals surface area contributed by atoms with Crippen LogP contribution < -0.4 is 4.90 Å². The van der Waals surface area contributed by atoms with E-state index in [9.17, 15) is 17.2 Å². The quantitative estimate of drug-likeness (QED) is 0.674. The Kier molecular flexibility index (Phi) is 6.21. The molecule has 0 amide bonds. The summed E-state index contributed by atoms with van der Waals surface area (Å²) in [5.74, 6) is 1.09. The highest BCUT2D eigenvalue weighted by Gasteiger charge is 2.38. The number of H-pyrrole nitrogens is 1. The summed E-state index contributed by atoms with van der Waals surface area (Å²) in [5.41, 5.74) is 0.785. The molecule has 11 heteroatoms. The van der Waals surface area contributed by atoms with Crippen molar-refractivity contribution in [3.8, 4) is 0 Å². The number of hydrogen-bond donors (Lipinski definition) is 1. The Morgan fingerprint density at radius 1 is 1.27 bits per heavy atom. The third-order valence-electron chi connectivity index (χ3n) is 6.30. The number of sulfonamides is 1. The predicted octanol–water partition coefficient (Wildman–Crippen LogP) is 2.45. The van der Waals surface area contributed by atoms with E-state index in [2.05, 4.69) is 24.6 Å². The molecule has 3 heterocycles. The average molecular weight is 444 g/mol. The summed E-state index contributed by atoms with van der Waals surface area (Å²) in [7, 11) is -1.36. The number of nitrogens with zero attached hydrogens (tertiary/aromatic N) is 4. The molecule has 166 valence electrons. The van der Waals surface area contributed by atoms with Gasteiger partial charge in [-0.25, -0.2) is 22.7 Å². The summed E-state index contributed by atoms with van der Waals surface area (Å²) < 4.78 is 55.8. The molecule has 1 N–H and O–H groups in total. The molecular weight excluding hydrogens is 416 g/mol. The minimum Gasteiger partial charge on any atom is -0.356 e. The van der Waals surface area contributed by atoms with E-state index in [0.717, 1.165) is 29.7 Å². The van der Waals surface area contributed by atoms with Crippen LogP contribution in [0.5, 0.6) is 0 Å². The fourth-order valence-electron chi connectivity index (χ4n) is 4.43. The van der Waals surface area contributed by atoms with Gasteiger partial charge in [-0.2, -0.15) is 8.78 Å². The van der Waals surface area contributed by atoms with Gasteiger partial charge in [0.2, 0.25) is 10.0 Å². The van der Waals surface area contributed by atoms with Crippen LogP contribution in [0.25, 0.3) is 11.0 Å². The zero-order valence-electron chi connectivity index (χ0n) is 16.9. The number of ether oxygens (including phenoxy) is 1. The monoisotopic (exact) mass is 443 g/mol. The van der Waals surface area contributed by atoms with E-state index in [4.69, 9.17) is 0 Å². The second kappa shape index (κ2) is 8.72. The third kappa shape index (κ3) is 4.57. The standard InChI is InChI=1S/C19H27F2N5O3S/c1-25(18-16-2-5-22-17(16)23-12-24-18)15-8-14(9-15)11-30(27,28)26-6-3-13(4-7-26)10-29-19(20)21/h2,5,12-15,19H,3-4,6-11H2,1H3,(H,22,23,24)/t14-,15+. The number of nitrogens with one attached hydrogen (secondary N) is 1. The first-order valence-electron chi connectivity index (χ1n) is 10.2. The molecule has 1 aliphatic heterocycles. The van der Waals surface area contributed by atoms with Gasteiger partial charge in [-0.1, -0.05) is 0 Å². The van der Waals surface area contributed by atoms with Crippen molar-refractivity contribution in [3.63, 3.8) is 0 Å². The van der Waals surface area contributed by atoms with E-state index in [1.165, 1.54) is 10.6 Å². The van der Waals surface area contributed by atoms with Crippen LogP contribution in [0.15, 0.2) is 18.6 Å². The van der Waals surface area contributed by atoms with Crippen LogP contribution in [0.3, 0.4) is 0 Å². The van der Waals surface area contributed by atoms with Gasteiger partial charge in [0.05, 0.1) is 17.7 Å². The van der Waals surface area contributed by atoms with Crippen LogP contribution in [-0.2, 0) is 14.8 Å². The Morgan fingerprint density at radius 2 is 2.00 bits per heavy atom. The van der Waals surface area contributed by atoms with Gasteiger partial charge in [-0.15, -0.1) is 0 Å². The van der Waals surface area contributed by atoms with Crippen molar-refractivity contribution in [1.29, 1.82) is 0 Å². The fraction of sp³-hybridized carbons (Fsp3) is 0.684. The molecule has 0 bridgehead atoms. The minimum absolute atomic E-state index is 0.00897. The second-order valence-corrected chi connectivity index (χ2v) is 10.3. The highest BCUT2D eigenvalue weighted by Crippen LogP contribution is 2.36. The number of aromatic nitrogens is 3. The van der Waals surface area contributed by atoms with Crippen LogP contribution in [-0.4, -0.2) is 72.8 Å². The summed E-state index contributed by atoms with van der Waals surface area (Å²) >= 11 is 0. The number of rotatable bonds is 8. The fourth-order valence-corrected chi connectivity index (χ4v) is 6.28. The molecule has 2 aromatic heterocycles. The van der Waals surface area contributed by atoms with E-state index >= 15 is 0 Å². The predicted molar refractivity (Wildman–Crippen MR) is 109 cm³/mol. The molecule has 0 radical (unpaired) electrons. The maximum Gasteiger partial charge on any atom is 0.345 e. The number of anilines is 1. The molecule has 4 rings (SSSR count). The minimum atomic E-state index is -3.34. The molecule has 0 aromatic carbocycles. The van der Waals surface area contributed by atoms with Crippen molar-refractivity contribution in [3.05, 3.63) is 18.6 Å². The number of hydrogen-bond acceptors (Lipinski definition) is 6. The number of halogens is 2. The summed E-state index contributed by atoms with van der Waals surface area (Å²) in [5, 5.41) is 0.953. The van der Waals surface area contributed by atoms with Crippen LogP contribution in [0.1, 0.15) is 25.7 Å². The molecular formula is C19H27F2N5O3S. The summed E-state index contributed by atoms with van der Waals surface area (Å²) in [6, 6.07) is 2.19. The molecule has 1 saturated carbocycles. The van der Waals surface area contributed by atoms with Gasteiger partial charge in [0.1, 0.15) is 17.8 Å². The summed E-state index contributed by atoms with van der Waals surface area (Å²) in [6.07, 6.45) is 6.07. The van der Waals surface area contributed by atoms with Crippen LogP contribution in [0, 0.1) is 11.8 Å². The molecule has 0 spiro atoms. The van der Waals surface area contributed by atoms with Crippen LogP contribution in [0.2, 0.25) is 0 Å². The van der Waals surface area contributed by atoms with Crippen molar-refractivity contribution in [2.45, 2.75) is 38.3 Å². The zero-order valence-corrected chi connectivity index (χ0v) is 17.7. The number of alkyl halides is 2. The van der Waals surface area contributed by atoms with Crippen molar-refractivity contribution in [1.82, 2.24) is 19.3 Å². The Bertz CT molecular complexity index is 956. The van der Waals surface area contributed by atoms with E-state index in [1.807, 2.05) is 19.3 Å². The van der Waals surface area contributed by atoms with Crippen molar-refractivity contribution in [2.75, 3.05) is 37.4 Å².